The summed E-state index contributed by atoms with van der Waals surface area (Å²) in [7, 11) is 4.28. The number of likely N-dealkylation sites (N-methyl/N-ethyl adjacent to an activating group) is 1. The molecule has 1 rings (SSSR count). The fourth-order valence-electron chi connectivity index (χ4n) is 2.20. The molecule has 0 bridgehead atoms. The van der Waals surface area contributed by atoms with Crippen LogP contribution in [0, 0.1) is 5.41 Å². The molecule has 0 aliphatic carbocycles. The van der Waals surface area contributed by atoms with E-state index in [-0.39, 0.29) is 5.41 Å². The SMILES string of the molecule is CNC(C)C(C)(C)CN(C)C(C)Cc1cccs1. The van der Waals surface area contributed by atoms with Gasteiger partial charge in [0, 0.05) is 23.5 Å². The van der Waals surface area contributed by atoms with Crippen LogP contribution in [0.2, 0.25) is 0 Å². The van der Waals surface area contributed by atoms with Gasteiger partial charge in [0.2, 0.25) is 0 Å². The van der Waals surface area contributed by atoms with E-state index in [4.69, 9.17) is 0 Å². The van der Waals surface area contributed by atoms with Crippen molar-refractivity contribution in [3.63, 3.8) is 0 Å². The average Bonchev–Trinajstić information content (AvgIpc) is 2.79. The van der Waals surface area contributed by atoms with Crippen LogP contribution in [-0.4, -0.2) is 37.6 Å². The molecule has 0 radical (unpaired) electrons. The van der Waals surface area contributed by atoms with Crippen molar-refractivity contribution in [1.82, 2.24) is 10.2 Å². The maximum absolute atomic E-state index is 3.37. The Labute approximate surface area is 116 Å². The zero-order valence-electron chi connectivity index (χ0n) is 12.7. The van der Waals surface area contributed by atoms with Gasteiger partial charge in [0.15, 0.2) is 0 Å². The summed E-state index contributed by atoms with van der Waals surface area (Å²) in [6.45, 7) is 10.4. The number of thiophene rings is 1. The van der Waals surface area contributed by atoms with Crippen molar-refractivity contribution >= 4 is 11.3 Å². The largest absolute Gasteiger partial charge is 0.317 e. The van der Waals surface area contributed by atoms with Crippen LogP contribution in [0.5, 0.6) is 0 Å². The Kier molecular flexibility index (Phi) is 5.83. The van der Waals surface area contributed by atoms with Crippen LogP contribution in [0.15, 0.2) is 17.5 Å². The van der Waals surface area contributed by atoms with Gasteiger partial charge < -0.3 is 10.2 Å². The number of hydrogen-bond acceptors (Lipinski definition) is 3. The second kappa shape index (κ2) is 6.69. The lowest BCUT2D eigenvalue weighted by Crippen LogP contribution is -2.47. The van der Waals surface area contributed by atoms with Crippen molar-refractivity contribution in [2.24, 2.45) is 5.41 Å². The smallest absolute Gasteiger partial charge is 0.0112 e. The first kappa shape index (κ1) is 15.7. The molecular weight excluding hydrogens is 240 g/mol. The van der Waals surface area contributed by atoms with Crippen molar-refractivity contribution < 1.29 is 0 Å². The third-order valence-electron chi connectivity index (χ3n) is 4.09. The van der Waals surface area contributed by atoms with Crippen molar-refractivity contribution in [2.75, 3.05) is 20.6 Å². The van der Waals surface area contributed by atoms with Crippen molar-refractivity contribution in [3.05, 3.63) is 22.4 Å². The van der Waals surface area contributed by atoms with Crippen LogP contribution >= 0.6 is 11.3 Å². The minimum absolute atomic E-state index is 0.285. The van der Waals surface area contributed by atoms with Crippen molar-refractivity contribution in [1.29, 1.82) is 0 Å². The quantitative estimate of drug-likeness (QED) is 0.816. The highest BCUT2D eigenvalue weighted by molar-refractivity contribution is 7.09. The van der Waals surface area contributed by atoms with E-state index in [1.54, 1.807) is 0 Å². The highest BCUT2D eigenvalue weighted by atomic mass is 32.1. The number of rotatable bonds is 7. The zero-order valence-corrected chi connectivity index (χ0v) is 13.5. The van der Waals surface area contributed by atoms with Gasteiger partial charge in [-0.25, -0.2) is 0 Å². The molecule has 0 saturated heterocycles. The van der Waals surface area contributed by atoms with E-state index in [1.807, 2.05) is 18.4 Å². The second-order valence-electron chi connectivity index (χ2n) is 6.05. The molecule has 18 heavy (non-hydrogen) atoms. The summed E-state index contributed by atoms with van der Waals surface area (Å²) in [6, 6.07) is 5.48. The third-order valence-corrected chi connectivity index (χ3v) is 4.99. The average molecular weight is 268 g/mol. The molecule has 1 aromatic heterocycles. The van der Waals surface area contributed by atoms with E-state index < -0.39 is 0 Å². The molecule has 2 atom stereocenters. The molecule has 0 aliphatic heterocycles. The van der Waals surface area contributed by atoms with Crippen LogP contribution in [0.4, 0.5) is 0 Å². The Morgan fingerprint density at radius 2 is 2.06 bits per heavy atom. The maximum atomic E-state index is 3.37. The number of nitrogens with zero attached hydrogens (tertiary/aromatic N) is 1. The molecule has 1 heterocycles. The normalized spacial score (nSPS) is 15.9. The molecule has 1 aromatic rings. The van der Waals surface area contributed by atoms with E-state index in [0.29, 0.717) is 12.1 Å². The minimum Gasteiger partial charge on any atom is -0.317 e. The third kappa shape index (κ3) is 4.38. The zero-order chi connectivity index (χ0) is 13.8. The van der Waals surface area contributed by atoms with Gasteiger partial charge in [0.25, 0.3) is 0 Å². The van der Waals surface area contributed by atoms with Gasteiger partial charge in [-0.3, -0.25) is 0 Å². The topological polar surface area (TPSA) is 15.3 Å². The minimum atomic E-state index is 0.285. The van der Waals surface area contributed by atoms with Crippen LogP contribution in [0.3, 0.4) is 0 Å². The molecular formula is C15H28N2S. The standard InChI is InChI=1S/C15H28N2S/c1-12(10-14-8-7-9-18-14)17(6)11-15(3,4)13(2)16-5/h7-9,12-13,16H,10-11H2,1-6H3. The highest BCUT2D eigenvalue weighted by Crippen LogP contribution is 2.23. The molecule has 0 aromatic carbocycles. The Balaban J connectivity index is 2.51. The van der Waals surface area contributed by atoms with E-state index in [1.165, 1.54) is 4.88 Å². The van der Waals surface area contributed by atoms with Gasteiger partial charge in [-0.2, -0.15) is 0 Å². The molecule has 2 unspecified atom stereocenters. The summed E-state index contributed by atoms with van der Waals surface area (Å²) in [4.78, 5) is 3.96. The molecule has 104 valence electrons. The fraction of sp³-hybridized carbons (Fsp3) is 0.733. The lowest BCUT2D eigenvalue weighted by molar-refractivity contribution is 0.139. The lowest BCUT2D eigenvalue weighted by atomic mass is 9.84. The Morgan fingerprint density at radius 1 is 1.39 bits per heavy atom. The second-order valence-corrected chi connectivity index (χ2v) is 7.08. The van der Waals surface area contributed by atoms with Gasteiger partial charge in [-0.1, -0.05) is 19.9 Å². The Bertz CT molecular complexity index is 332. The molecule has 1 N–H and O–H groups in total. The molecule has 0 amide bonds. The van der Waals surface area contributed by atoms with Gasteiger partial charge in [0.05, 0.1) is 0 Å². The lowest BCUT2D eigenvalue weighted by Gasteiger charge is -2.37. The molecule has 2 nitrogen and oxygen atoms in total. The van der Waals surface area contributed by atoms with E-state index >= 15 is 0 Å². The molecule has 3 heteroatoms. The van der Waals surface area contributed by atoms with Gasteiger partial charge in [-0.15, -0.1) is 11.3 Å². The first-order chi connectivity index (χ1) is 8.36. The molecule has 0 fully saturated rings. The summed E-state index contributed by atoms with van der Waals surface area (Å²) >= 11 is 1.86. The van der Waals surface area contributed by atoms with Crippen LogP contribution in [0.25, 0.3) is 0 Å². The Hall–Kier alpha value is -0.380. The van der Waals surface area contributed by atoms with Crippen LogP contribution in [0.1, 0.15) is 32.6 Å². The fourth-order valence-corrected chi connectivity index (χ4v) is 3.03. The predicted molar refractivity (Wildman–Crippen MR) is 82.4 cm³/mol. The first-order valence-corrected chi connectivity index (χ1v) is 7.64. The number of hydrogen-bond donors (Lipinski definition) is 1. The number of nitrogens with one attached hydrogen (secondary N) is 1. The van der Waals surface area contributed by atoms with Crippen molar-refractivity contribution in [3.8, 4) is 0 Å². The molecule has 0 saturated carbocycles. The van der Waals surface area contributed by atoms with Gasteiger partial charge >= 0.3 is 0 Å². The molecule has 0 aliphatic rings. The predicted octanol–water partition coefficient (Wildman–Crippen LogP) is 3.25. The summed E-state index contributed by atoms with van der Waals surface area (Å²) in [5.41, 5.74) is 0.285. The van der Waals surface area contributed by atoms with Crippen LogP contribution < -0.4 is 5.32 Å². The van der Waals surface area contributed by atoms with E-state index in [2.05, 4.69) is 62.5 Å². The molecule has 0 spiro atoms. The summed E-state index contributed by atoms with van der Waals surface area (Å²) < 4.78 is 0. The van der Waals surface area contributed by atoms with E-state index in [9.17, 15) is 0 Å². The Morgan fingerprint density at radius 3 is 2.56 bits per heavy atom. The summed E-state index contributed by atoms with van der Waals surface area (Å²) in [6.07, 6.45) is 1.15. The van der Waals surface area contributed by atoms with Crippen LogP contribution in [-0.2, 0) is 6.42 Å². The van der Waals surface area contributed by atoms with E-state index in [0.717, 1.165) is 13.0 Å². The van der Waals surface area contributed by atoms with Gasteiger partial charge in [-0.05, 0) is 51.2 Å². The monoisotopic (exact) mass is 268 g/mol. The maximum Gasteiger partial charge on any atom is 0.0112 e. The first-order valence-electron chi connectivity index (χ1n) is 6.76. The summed E-state index contributed by atoms with van der Waals surface area (Å²) in [5, 5.41) is 5.53. The van der Waals surface area contributed by atoms with Crippen molar-refractivity contribution in [2.45, 2.75) is 46.2 Å². The summed E-state index contributed by atoms with van der Waals surface area (Å²) in [5.74, 6) is 0. The van der Waals surface area contributed by atoms with Gasteiger partial charge in [0.1, 0.15) is 0 Å². The highest BCUT2D eigenvalue weighted by Gasteiger charge is 2.27.